The van der Waals surface area contributed by atoms with E-state index in [-0.39, 0.29) is 5.04 Å². The van der Waals surface area contributed by atoms with Crippen LogP contribution in [0.25, 0.3) is 0 Å². The van der Waals surface area contributed by atoms with Gasteiger partial charge in [0.15, 0.2) is 8.32 Å². The van der Waals surface area contributed by atoms with Crippen molar-refractivity contribution >= 4 is 20.4 Å². The Hall–Kier alpha value is -1.86. The number of hydrogen-bond donors (Lipinski definition) is 1. The van der Waals surface area contributed by atoms with Crippen LogP contribution in [-0.2, 0) is 13.9 Å². The van der Waals surface area contributed by atoms with E-state index in [1.807, 2.05) is 20.8 Å². The predicted molar refractivity (Wildman–Crippen MR) is 113 cm³/mol. The number of alkyl carbamates (subject to hydrolysis) is 1. The standard InChI is InChI=1S/C21H35NO5Si/c1-20(2,3)27-19(24)22-17(14-26-28(8,9)21(4,5)6)15-10-12-16(13-11-15)18(23)25-7/h10-13,17H,14H2,1-9H3,(H,22,24)/t17-/m0/s1. The molecule has 0 bridgehead atoms. The normalized spacial score (nSPS) is 13.6. The second-order valence-electron chi connectivity index (χ2n) is 9.38. The van der Waals surface area contributed by atoms with Crippen LogP contribution in [0.4, 0.5) is 4.79 Å². The molecule has 0 aliphatic carbocycles. The summed E-state index contributed by atoms with van der Waals surface area (Å²) >= 11 is 0. The minimum absolute atomic E-state index is 0.0538. The first kappa shape index (κ1) is 24.2. The minimum atomic E-state index is -2.00. The molecule has 6 nitrogen and oxygen atoms in total. The molecule has 0 aromatic heterocycles. The van der Waals surface area contributed by atoms with Crippen molar-refractivity contribution in [3.63, 3.8) is 0 Å². The van der Waals surface area contributed by atoms with Crippen LogP contribution < -0.4 is 5.32 Å². The number of amides is 1. The van der Waals surface area contributed by atoms with Crippen molar-refractivity contribution in [1.29, 1.82) is 0 Å². The van der Waals surface area contributed by atoms with Crippen LogP contribution >= 0.6 is 0 Å². The van der Waals surface area contributed by atoms with E-state index in [9.17, 15) is 9.59 Å². The van der Waals surface area contributed by atoms with Crippen molar-refractivity contribution < 1.29 is 23.5 Å². The van der Waals surface area contributed by atoms with Crippen molar-refractivity contribution in [2.24, 2.45) is 0 Å². The molecule has 1 amide bonds. The molecule has 0 aliphatic rings. The Bertz CT molecular complexity index is 672. The first-order valence-corrected chi connectivity index (χ1v) is 12.4. The second-order valence-corrected chi connectivity index (χ2v) is 14.2. The summed E-state index contributed by atoms with van der Waals surface area (Å²) in [5, 5.41) is 2.95. The van der Waals surface area contributed by atoms with E-state index in [4.69, 9.17) is 13.9 Å². The van der Waals surface area contributed by atoms with Gasteiger partial charge in [0.2, 0.25) is 0 Å². The number of hydrogen-bond acceptors (Lipinski definition) is 5. The average Bonchev–Trinajstić information content (AvgIpc) is 2.55. The molecule has 1 aromatic rings. The van der Waals surface area contributed by atoms with E-state index in [1.165, 1.54) is 7.11 Å². The van der Waals surface area contributed by atoms with Crippen LogP contribution in [0.3, 0.4) is 0 Å². The Morgan fingerprint density at radius 1 is 1.04 bits per heavy atom. The molecular weight excluding hydrogens is 374 g/mol. The summed E-state index contributed by atoms with van der Waals surface area (Å²) in [6.07, 6.45) is -0.506. The molecule has 0 spiro atoms. The SMILES string of the molecule is COC(=O)c1ccc([C@H](CO[Si](C)(C)C(C)(C)C)NC(=O)OC(C)(C)C)cc1. The van der Waals surface area contributed by atoms with Crippen LogP contribution in [0, 0.1) is 0 Å². The van der Waals surface area contributed by atoms with Crippen molar-refractivity contribution in [3.8, 4) is 0 Å². The van der Waals surface area contributed by atoms with Gasteiger partial charge in [0.25, 0.3) is 0 Å². The van der Waals surface area contributed by atoms with E-state index < -0.39 is 32.0 Å². The maximum absolute atomic E-state index is 12.3. The largest absolute Gasteiger partial charge is 0.465 e. The van der Waals surface area contributed by atoms with Gasteiger partial charge in [-0.05, 0) is 56.6 Å². The van der Waals surface area contributed by atoms with Gasteiger partial charge in [0, 0.05) is 0 Å². The number of nitrogens with one attached hydrogen (secondary N) is 1. The lowest BCUT2D eigenvalue weighted by Crippen LogP contribution is -2.44. The zero-order valence-electron chi connectivity index (χ0n) is 18.6. The fourth-order valence-electron chi connectivity index (χ4n) is 2.15. The third-order valence-electron chi connectivity index (χ3n) is 4.84. The lowest BCUT2D eigenvalue weighted by Gasteiger charge is -2.37. The first-order valence-electron chi connectivity index (χ1n) is 9.48. The van der Waals surface area contributed by atoms with Crippen LogP contribution in [0.1, 0.15) is 63.5 Å². The third-order valence-corrected chi connectivity index (χ3v) is 9.34. The quantitative estimate of drug-likeness (QED) is 0.525. The van der Waals surface area contributed by atoms with Gasteiger partial charge in [-0.3, -0.25) is 0 Å². The number of rotatable bonds is 6. The zero-order valence-corrected chi connectivity index (χ0v) is 19.6. The first-order chi connectivity index (χ1) is 12.7. The Morgan fingerprint density at radius 2 is 1.57 bits per heavy atom. The number of benzene rings is 1. The smallest absolute Gasteiger partial charge is 0.408 e. The Labute approximate surface area is 170 Å². The van der Waals surface area contributed by atoms with Crippen molar-refractivity contribution in [2.45, 2.75) is 71.3 Å². The molecule has 158 valence electrons. The highest BCUT2D eigenvalue weighted by Gasteiger charge is 2.38. The van der Waals surface area contributed by atoms with Crippen LogP contribution in [-0.4, -0.2) is 39.7 Å². The lowest BCUT2D eigenvalue weighted by molar-refractivity contribution is 0.0483. The van der Waals surface area contributed by atoms with Gasteiger partial charge in [-0.15, -0.1) is 0 Å². The molecular formula is C21H35NO5Si. The highest BCUT2D eigenvalue weighted by atomic mass is 28.4. The molecule has 0 saturated heterocycles. The molecule has 28 heavy (non-hydrogen) atoms. The highest BCUT2D eigenvalue weighted by Crippen LogP contribution is 2.37. The van der Waals surface area contributed by atoms with E-state index in [2.05, 4.69) is 39.2 Å². The maximum Gasteiger partial charge on any atom is 0.408 e. The van der Waals surface area contributed by atoms with E-state index in [1.54, 1.807) is 24.3 Å². The van der Waals surface area contributed by atoms with Gasteiger partial charge < -0.3 is 19.2 Å². The van der Waals surface area contributed by atoms with Gasteiger partial charge in [0.05, 0.1) is 25.3 Å². The molecule has 0 aliphatic heterocycles. The summed E-state index contributed by atoms with van der Waals surface area (Å²) < 4.78 is 16.5. The summed E-state index contributed by atoms with van der Waals surface area (Å²) in [4.78, 5) is 24.0. The third kappa shape index (κ3) is 7.28. The molecule has 0 unspecified atom stereocenters. The van der Waals surface area contributed by atoms with Crippen molar-refractivity contribution in [1.82, 2.24) is 5.32 Å². The van der Waals surface area contributed by atoms with Gasteiger partial charge in [-0.2, -0.15) is 0 Å². The monoisotopic (exact) mass is 409 g/mol. The topological polar surface area (TPSA) is 73.9 Å². The van der Waals surface area contributed by atoms with Gasteiger partial charge in [-0.25, -0.2) is 9.59 Å². The predicted octanol–water partition coefficient (Wildman–Crippen LogP) is 5.06. The highest BCUT2D eigenvalue weighted by molar-refractivity contribution is 6.74. The number of methoxy groups -OCH3 is 1. The molecule has 0 saturated carbocycles. The zero-order chi connectivity index (χ0) is 21.8. The molecule has 1 N–H and O–H groups in total. The van der Waals surface area contributed by atoms with E-state index in [0.717, 1.165) is 5.56 Å². The molecule has 0 fully saturated rings. The fraction of sp³-hybridized carbons (Fsp3) is 0.619. The molecule has 1 atom stereocenters. The number of carbonyl (C=O) groups is 2. The fourth-order valence-corrected chi connectivity index (χ4v) is 3.16. The van der Waals surface area contributed by atoms with E-state index >= 15 is 0 Å². The summed E-state index contributed by atoms with van der Waals surface area (Å²) in [5.74, 6) is -0.402. The Balaban J connectivity index is 3.03. The summed E-state index contributed by atoms with van der Waals surface area (Å²) in [6.45, 7) is 16.6. The van der Waals surface area contributed by atoms with E-state index in [0.29, 0.717) is 12.2 Å². The number of ether oxygens (including phenoxy) is 2. The lowest BCUT2D eigenvalue weighted by atomic mass is 10.1. The molecule has 1 aromatic carbocycles. The average molecular weight is 410 g/mol. The van der Waals surface area contributed by atoms with Crippen molar-refractivity contribution in [2.75, 3.05) is 13.7 Å². The summed E-state index contributed by atoms with van der Waals surface area (Å²) in [5.41, 5.74) is 0.689. The summed E-state index contributed by atoms with van der Waals surface area (Å²) in [7, 11) is -0.656. The number of carbonyl (C=O) groups excluding carboxylic acids is 2. The van der Waals surface area contributed by atoms with Crippen LogP contribution in [0.2, 0.25) is 18.1 Å². The van der Waals surface area contributed by atoms with Crippen molar-refractivity contribution in [3.05, 3.63) is 35.4 Å². The second kappa shape index (κ2) is 9.09. The van der Waals surface area contributed by atoms with Gasteiger partial charge in [-0.1, -0.05) is 32.9 Å². The maximum atomic E-state index is 12.3. The molecule has 7 heteroatoms. The number of esters is 1. The molecule has 1 rings (SSSR count). The Kier molecular flexibility index (Phi) is 7.85. The van der Waals surface area contributed by atoms with Gasteiger partial charge in [0.1, 0.15) is 5.60 Å². The molecule has 0 heterocycles. The van der Waals surface area contributed by atoms with Crippen LogP contribution in [0.5, 0.6) is 0 Å². The minimum Gasteiger partial charge on any atom is -0.465 e. The summed E-state index contributed by atoms with van der Waals surface area (Å²) in [6, 6.07) is 6.55. The van der Waals surface area contributed by atoms with Gasteiger partial charge >= 0.3 is 12.1 Å². The Morgan fingerprint density at radius 3 is 2.00 bits per heavy atom. The van der Waals surface area contributed by atoms with Crippen LogP contribution in [0.15, 0.2) is 24.3 Å². The molecule has 0 radical (unpaired) electrons.